The maximum atomic E-state index is 12.4. The largest absolute Gasteiger partial charge is 0.349 e. The summed E-state index contributed by atoms with van der Waals surface area (Å²) in [4.78, 5) is 16.4. The van der Waals surface area contributed by atoms with Crippen LogP contribution in [0.15, 0.2) is 29.8 Å². The van der Waals surface area contributed by atoms with Gasteiger partial charge in [0.05, 0.1) is 11.3 Å². The molecule has 1 fully saturated rings. The number of carbonyl (C=O) groups excluding carboxylic acids is 1. The Balaban J connectivity index is 2.13. The van der Waals surface area contributed by atoms with Gasteiger partial charge in [0.1, 0.15) is 0 Å². The van der Waals surface area contributed by atoms with Crippen molar-refractivity contribution in [1.82, 2.24) is 5.32 Å². The van der Waals surface area contributed by atoms with Gasteiger partial charge in [-0.05, 0) is 44.4 Å². The number of aliphatic imine (C=N–C) groups is 1. The molecule has 1 amide bonds. The van der Waals surface area contributed by atoms with Gasteiger partial charge in [-0.2, -0.15) is 0 Å². The number of carbonyl (C=O) groups is 1. The summed E-state index contributed by atoms with van der Waals surface area (Å²) < 4.78 is 0. The van der Waals surface area contributed by atoms with Crippen molar-refractivity contribution in [3.05, 3.63) is 35.9 Å². The van der Waals surface area contributed by atoms with E-state index < -0.39 is 0 Å². The molecule has 0 radical (unpaired) electrons. The van der Waals surface area contributed by atoms with Crippen LogP contribution >= 0.6 is 0 Å². The van der Waals surface area contributed by atoms with Gasteiger partial charge in [0.2, 0.25) is 0 Å². The molecule has 3 nitrogen and oxygen atoms in total. The number of rotatable bonds is 4. The van der Waals surface area contributed by atoms with Crippen LogP contribution in [0, 0.1) is 5.92 Å². The van der Waals surface area contributed by atoms with Crippen molar-refractivity contribution in [1.29, 1.82) is 0 Å². The van der Waals surface area contributed by atoms with E-state index in [1.165, 1.54) is 12.8 Å². The van der Waals surface area contributed by atoms with Crippen LogP contribution in [0.1, 0.15) is 48.5 Å². The third-order valence-corrected chi connectivity index (χ3v) is 4.04. The Hall–Kier alpha value is -1.90. The van der Waals surface area contributed by atoms with Crippen LogP contribution in [-0.4, -0.2) is 18.7 Å². The molecule has 0 aromatic heterocycles. The third-order valence-electron chi connectivity index (χ3n) is 4.04. The number of nitrogens with one attached hydrogen (secondary N) is 1. The summed E-state index contributed by atoms with van der Waals surface area (Å²) >= 11 is 0. The van der Waals surface area contributed by atoms with E-state index in [4.69, 9.17) is 0 Å². The fraction of sp³-hybridized carbons (Fsp3) is 0.412. The number of para-hydroxylation sites is 1. The summed E-state index contributed by atoms with van der Waals surface area (Å²) in [6, 6.07) is 5.81. The van der Waals surface area contributed by atoms with E-state index >= 15 is 0 Å². The molecule has 0 spiro atoms. The minimum Gasteiger partial charge on any atom is -0.349 e. The Kier molecular flexibility index (Phi) is 4.72. The van der Waals surface area contributed by atoms with Crippen molar-refractivity contribution in [3.63, 3.8) is 0 Å². The van der Waals surface area contributed by atoms with Gasteiger partial charge in [-0.15, -0.1) is 0 Å². The van der Waals surface area contributed by atoms with Gasteiger partial charge >= 0.3 is 0 Å². The molecule has 0 saturated heterocycles. The van der Waals surface area contributed by atoms with Crippen LogP contribution in [0.5, 0.6) is 0 Å². The molecule has 1 aliphatic carbocycles. The number of amides is 1. The standard InChI is InChI=1S/C17H22N2O/c1-4-13-6-5-7-15(16(13)18-3)17(20)19-14-10-8-12(2)9-11-14/h4-7,12,14H,1,3,8-11H2,2H3,(H,19,20). The lowest BCUT2D eigenvalue weighted by Crippen LogP contribution is -2.37. The van der Waals surface area contributed by atoms with Gasteiger partial charge < -0.3 is 5.32 Å². The molecular weight excluding hydrogens is 248 g/mol. The first-order valence-electron chi connectivity index (χ1n) is 7.18. The fourth-order valence-electron chi connectivity index (χ4n) is 2.75. The molecule has 0 heterocycles. The highest BCUT2D eigenvalue weighted by Crippen LogP contribution is 2.27. The molecule has 3 heteroatoms. The lowest BCUT2D eigenvalue weighted by Gasteiger charge is -2.27. The van der Waals surface area contributed by atoms with Crippen molar-refractivity contribution in [2.75, 3.05) is 0 Å². The molecule has 1 saturated carbocycles. The van der Waals surface area contributed by atoms with Crippen LogP contribution in [-0.2, 0) is 0 Å². The molecule has 2 rings (SSSR count). The highest BCUT2D eigenvalue weighted by atomic mass is 16.1. The van der Waals surface area contributed by atoms with Crippen LogP contribution in [0.2, 0.25) is 0 Å². The molecule has 0 unspecified atom stereocenters. The molecule has 1 aliphatic rings. The van der Waals surface area contributed by atoms with E-state index in [-0.39, 0.29) is 11.9 Å². The van der Waals surface area contributed by atoms with Crippen molar-refractivity contribution in [3.8, 4) is 0 Å². The van der Waals surface area contributed by atoms with Gasteiger partial charge in [0.15, 0.2) is 0 Å². The Bertz CT molecular complexity index is 514. The molecule has 1 N–H and O–H groups in total. The van der Waals surface area contributed by atoms with Crippen molar-refractivity contribution >= 4 is 24.4 Å². The lowest BCUT2D eigenvalue weighted by molar-refractivity contribution is 0.0923. The van der Waals surface area contributed by atoms with Crippen molar-refractivity contribution in [2.45, 2.75) is 38.6 Å². The van der Waals surface area contributed by atoms with E-state index in [0.29, 0.717) is 11.3 Å². The highest BCUT2D eigenvalue weighted by molar-refractivity contribution is 6.01. The predicted octanol–water partition coefficient (Wildman–Crippen LogP) is 3.97. The van der Waals surface area contributed by atoms with Gasteiger partial charge in [0.25, 0.3) is 5.91 Å². The fourth-order valence-corrected chi connectivity index (χ4v) is 2.75. The van der Waals surface area contributed by atoms with Crippen LogP contribution in [0.3, 0.4) is 0 Å². The minimum atomic E-state index is -0.0596. The quantitative estimate of drug-likeness (QED) is 0.826. The van der Waals surface area contributed by atoms with Crippen LogP contribution in [0.25, 0.3) is 6.08 Å². The van der Waals surface area contributed by atoms with E-state index in [1.54, 1.807) is 12.1 Å². The van der Waals surface area contributed by atoms with Crippen molar-refractivity contribution < 1.29 is 4.79 Å². The zero-order chi connectivity index (χ0) is 14.5. The number of hydrogen-bond donors (Lipinski definition) is 1. The molecule has 1 aromatic carbocycles. The average molecular weight is 270 g/mol. The molecule has 0 aliphatic heterocycles. The summed E-state index contributed by atoms with van der Waals surface area (Å²) in [5.41, 5.74) is 2.03. The first kappa shape index (κ1) is 14.5. The van der Waals surface area contributed by atoms with Crippen LogP contribution < -0.4 is 5.32 Å². The van der Waals surface area contributed by atoms with E-state index in [2.05, 4.69) is 30.5 Å². The first-order valence-corrected chi connectivity index (χ1v) is 7.18. The number of benzene rings is 1. The summed E-state index contributed by atoms with van der Waals surface area (Å²) in [6.45, 7) is 9.58. The van der Waals surface area contributed by atoms with Crippen LogP contribution in [0.4, 0.5) is 5.69 Å². The second kappa shape index (κ2) is 6.51. The monoisotopic (exact) mass is 270 g/mol. The SMILES string of the molecule is C=Cc1cccc(C(=O)NC2CCC(C)CC2)c1N=C. The number of hydrogen-bond acceptors (Lipinski definition) is 2. The highest BCUT2D eigenvalue weighted by Gasteiger charge is 2.21. The Labute approximate surface area is 120 Å². The molecule has 0 bridgehead atoms. The predicted molar refractivity (Wildman–Crippen MR) is 84.6 cm³/mol. The molecule has 20 heavy (non-hydrogen) atoms. The average Bonchev–Trinajstić information content (AvgIpc) is 2.48. The summed E-state index contributed by atoms with van der Waals surface area (Å²) in [6.07, 6.45) is 6.19. The van der Waals surface area contributed by atoms with Gasteiger partial charge in [-0.25, -0.2) is 0 Å². The number of nitrogens with zero attached hydrogens (tertiary/aromatic N) is 1. The topological polar surface area (TPSA) is 41.5 Å². The summed E-state index contributed by atoms with van der Waals surface area (Å²) in [5, 5.41) is 3.12. The third kappa shape index (κ3) is 3.16. The summed E-state index contributed by atoms with van der Waals surface area (Å²) in [5.74, 6) is 0.716. The van der Waals surface area contributed by atoms with Gasteiger partial charge in [-0.1, -0.05) is 31.7 Å². The Morgan fingerprint density at radius 1 is 1.35 bits per heavy atom. The second-order valence-electron chi connectivity index (χ2n) is 5.54. The molecular formula is C17H22N2O. The molecule has 106 valence electrons. The Morgan fingerprint density at radius 3 is 2.65 bits per heavy atom. The minimum absolute atomic E-state index is 0.0596. The van der Waals surface area contributed by atoms with Crippen molar-refractivity contribution in [2.24, 2.45) is 10.9 Å². The van der Waals surface area contributed by atoms with E-state index in [9.17, 15) is 4.79 Å². The second-order valence-corrected chi connectivity index (χ2v) is 5.54. The molecule has 1 aromatic rings. The normalized spacial score (nSPS) is 22.1. The van der Waals surface area contributed by atoms with Gasteiger partial charge in [-0.3, -0.25) is 9.79 Å². The lowest BCUT2D eigenvalue weighted by atomic mass is 9.87. The smallest absolute Gasteiger partial charge is 0.253 e. The van der Waals surface area contributed by atoms with E-state index in [0.717, 1.165) is 24.3 Å². The van der Waals surface area contributed by atoms with E-state index in [1.807, 2.05) is 12.1 Å². The zero-order valence-corrected chi connectivity index (χ0v) is 12.1. The zero-order valence-electron chi connectivity index (χ0n) is 12.1. The van der Waals surface area contributed by atoms with Gasteiger partial charge in [0, 0.05) is 11.6 Å². The Morgan fingerprint density at radius 2 is 2.05 bits per heavy atom. The maximum Gasteiger partial charge on any atom is 0.253 e. The molecule has 0 atom stereocenters. The summed E-state index contributed by atoms with van der Waals surface area (Å²) in [7, 11) is 0. The first-order chi connectivity index (χ1) is 9.65. The maximum absolute atomic E-state index is 12.4.